The van der Waals surface area contributed by atoms with Gasteiger partial charge in [0.25, 0.3) is 0 Å². The number of aromatic nitrogens is 2. The minimum absolute atomic E-state index is 0.0783. The van der Waals surface area contributed by atoms with Gasteiger partial charge in [-0.15, -0.1) is 0 Å². The van der Waals surface area contributed by atoms with E-state index in [-0.39, 0.29) is 11.4 Å². The number of rotatable bonds is 2. The lowest BCUT2D eigenvalue weighted by molar-refractivity contribution is 0.0594. The smallest absolute Gasteiger partial charge is 0.356 e. The van der Waals surface area contributed by atoms with E-state index >= 15 is 0 Å². The van der Waals surface area contributed by atoms with Crippen LogP contribution >= 0.6 is 0 Å². The van der Waals surface area contributed by atoms with Gasteiger partial charge >= 0.3 is 5.97 Å². The van der Waals surface area contributed by atoms with Gasteiger partial charge in [-0.05, 0) is 0 Å². The zero-order valence-electron chi connectivity index (χ0n) is 6.35. The molecule has 0 radical (unpaired) electrons. The highest BCUT2D eigenvalue weighted by Gasteiger charge is 2.07. The van der Waals surface area contributed by atoms with Gasteiger partial charge in [-0.25, -0.2) is 14.8 Å². The molecule has 5 heteroatoms. The van der Waals surface area contributed by atoms with E-state index < -0.39 is 5.97 Å². The third-order valence-electron chi connectivity index (χ3n) is 1.20. The van der Waals surface area contributed by atoms with Crippen LogP contribution in [0.15, 0.2) is 12.4 Å². The summed E-state index contributed by atoms with van der Waals surface area (Å²) in [4.78, 5) is 28.3. The van der Waals surface area contributed by atoms with E-state index in [1.165, 1.54) is 13.2 Å². The van der Waals surface area contributed by atoms with Crippen molar-refractivity contribution < 1.29 is 14.3 Å². The first-order valence-electron chi connectivity index (χ1n) is 3.13. The summed E-state index contributed by atoms with van der Waals surface area (Å²) in [6.07, 6.45) is 1.67. The van der Waals surface area contributed by atoms with Crippen LogP contribution in [-0.4, -0.2) is 29.3 Å². The van der Waals surface area contributed by atoms with E-state index in [0.717, 1.165) is 6.33 Å². The molecule has 0 N–H and O–H groups in total. The Morgan fingerprint density at radius 3 is 2.92 bits per heavy atom. The van der Waals surface area contributed by atoms with Crippen molar-refractivity contribution in [3.63, 3.8) is 0 Å². The van der Waals surface area contributed by atoms with Crippen molar-refractivity contribution in [2.24, 2.45) is 0 Å². The third kappa shape index (κ3) is 1.63. The SMILES string of the molecule is COC(=O)c1cc(C=O)ncn1. The number of hydrogen-bond donors (Lipinski definition) is 0. The molecule has 0 aliphatic carbocycles. The van der Waals surface area contributed by atoms with E-state index in [9.17, 15) is 9.59 Å². The fourth-order valence-corrected chi connectivity index (χ4v) is 0.653. The van der Waals surface area contributed by atoms with Gasteiger partial charge in [0.2, 0.25) is 0 Å². The Morgan fingerprint density at radius 2 is 2.33 bits per heavy atom. The molecule has 0 aliphatic rings. The van der Waals surface area contributed by atoms with Crippen LogP contribution in [0.5, 0.6) is 0 Å². The molecule has 1 aromatic rings. The van der Waals surface area contributed by atoms with Crippen molar-refractivity contribution in [1.82, 2.24) is 9.97 Å². The van der Waals surface area contributed by atoms with E-state index in [0.29, 0.717) is 6.29 Å². The predicted molar refractivity (Wildman–Crippen MR) is 38.8 cm³/mol. The molecule has 1 aromatic heterocycles. The number of esters is 1. The number of carbonyl (C=O) groups is 2. The van der Waals surface area contributed by atoms with Crippen LogP contribution in [0.1, 0.15) is 21.0 Å². The van der Waals surface area contributed by atoms with Gasteiger partial charge in [-0.3, -0.25) is 4.79 Å². The maximum atomic E-state index is 10.9. The van der Waals surface area contributed by atoms with Crippen LogP contribution in [0.4, 0.5) is 0 Å². The highest BCUT2D eigenvalue weighted by Crippen LogP contribution is 1.96. The van der Waals surface area contributed by atoms with Gasteiger partial charge in [0.05, 0.1) is 7.11 Å². The summed E-state index contributed by atoms with van der Waals surface area (Å²) in [7, 11) is 1.24. The minimum Gasteiger partial charge on any atom is -0.464 e. The Kier molecular flexibility index (Phi) is 2.47. The van der Waals surface area contributed by atoms with Crippen molar-refractivity contribution in [1.29, 1.82) is 0 Å². The van der Waals surface area contributed by atoms with E-state index in [4.69, 9.17) is 0 Å². The topological polar surface area (TPSA) is 69.2 Å². The first-order chi connectivity index (χ1) is 5.77. The summed E-state index contributed by atoms with van der Waals surface area (Å²) in [5, 5.41) is 0. The normalized spacial score (nSPS) is 9.08. The van der Waals surface area contributed by atoms with Crippen molar-refractivity contribution in [2.75, 3.05) is 7.11 Å². The Hall–Kier alpha value is -1.78. The van der Waals surface area contributed by atoms with E-state index in [1.54, 1.807) is 0 Å². The Balaban J connectivity index is 3.01. The van der Waals surface area contributed by atoms with Crippen molar-refractivity contribution in [2.45, 2.75) is 0 Å². The second-order valence-electron chi connectivity index (χ2n) is 1.94. The standard InChI is InChI=1S/C7H6N2O3/c1-12-7(11)6-2-5(3-10)8-4-9-6/h2-4H,1H3. The summed E-state index contributed by atoms with van der Waals surface area (Å²) in [5.41, 5.74) is 0.236. The van der Waals surface area contributed by atoms with Gasteiger partial charge in [-0.2, -0.15) is 0 Å². The maximum Gasteiger partial charge on any atom is 0.356 e. The van der Waals surface area contributed by atoms with Crippen molar-refractivity contribution >= 4 is 12.3 Å². The summed E-state index contributed by atoms with van der Waals surface area (Å²) in [5.74, 6) is -0.583. The van der Waals surface area contributed by atoms with Gasteiger partial charge in [-0.1, -0.05) is 0 Å². The van der Waals surface area contributed by atoms with Gasteiger partial charge in [0.1, 0.15) is 12.0 Å². The number of methoxy groups -OCH3 is 1. The minimum atomic E-state index is -0.583. The maximum absolute atomic E-state index is 10.9. The molecule has 0 saturated carbocycles. The summed E-state index contributed by atoms with van der Waals surface area (Å²) >= 11 is 0. The lowest BCUT2D eigenvalue weighted by Gasteiger charge is -1.96. The second-order valence-corrected chi connectivity index (χ2v) is 1.94. The third-order valence-corrected chi connectivity index (χ3v) is 1.20. The Morgan fingerprint density at radius 1 is 1.58 bits per heavy atom. The van der Waals surface area contributed by atoms with Crippen LogP contribution in [0, 0.1) is 0 Å². The van der Waals surface area contributed by atoms with Crippen LogP contribution in [-0.2, 0) is 4.74 Å². The molecular weight excluding hydrogens is 160 g/mol. The fourth-order valence-electron chi connectivity index (χ4n) is 0.653. The number of nitrogens with zero attached hydrogens (tertiary/aromatic N) is 2. The molecule has 1 rings (SSSR count). The number of hydrogen-bond acceptors (Lipinski definition) is 5. The molecule has 0 unspecified atom stereocenters. The zero-order valence-corrected chi connectivity index (χ0v) is 6.35. The average molecular weight is 166 g/mol. The molecule has 12 heavy (non-hydrogen) atoms. The molecule has 5 nitrogen and oxygen atoms in total. The van der Waals surface area contributed by atoms with Crippen molar-refractivity contribution in [3.8, 4) is 0 Å². The predicted octanol–water partition coefficient (Wildman–Crippen LogP) is 0.0757. The molecule has 0 bridgehead atoms. The summed E-state index contributed by atoms with van der Waals surface area (Å²) < 4.78 is 4.39. The van der Waals surface area contributed by atoms with Crippen LogP contribution in [0.2, 0.25) is 0 Å². The lowest BCUT2D eigenvalue weighted by Crippen LogP contribution is -2.05. The molecule has 0 aliphatic heterocycles. The average Bonchev–Trinajstić information content (AvgIpc) is 2.17. The van der Waals surface area contributed by atoms with Crippen LogP contribution < -0.4 is 0 Å². The lowest BCUT2D eigenvalue weighted by atomic mass is 10.3. The Labute approximate surface area is 68.4 Å². The van der Waals surface area contributed by atoms with Crippen LogP contribution in [0.3, 0.4) is 0 Å². The first kappa shape index (κ1) is 8.32. The second kappa shape index (κ2) is 3.56. The number of aldehydes is 1. The molecule has 0 spiro atoms. The molecule has 0 saturated heterocycles. The van der Waals surface area contributed by atoms with E-state index in [2.05, 4.69) is 14.7 Å². The number of ether oxygens (including phenoxy) is 1. The monoisotopic (exact) mass is 166 g/mol. The molecule has 0 atom stereocenters. The van der Waals surface area contributed by atoms with E-state index in [1.807, 2.05) is 0 Å². The quantitative estimate of drug-likeness (QED) is 0.459. The highest BCUT2D eigenvalue weighted by molar-refractivity contribution is 5.88. The molecule has 0 fully saturated rings. The summed E-state index contributed by atoms with van der Waals surface area (Å²) in [6.45, 7) is 0. The molecule has 0 aromatic carbocycles. The van der Waals surface area contributed by atoms with Gasteiger partial charge in [0, 0.05) is 6.07 Å². The Bertz CT molecular complexity index is 311. The van der Waals surface area contributed by atoms with Crippen LogP contribution in [0.25, 0.3) is 0 Å². The molecule has 1 heterocycles. The van der Waals surface area contributed by atoms with Crippen molar-refractivity contribution in [3.05, 3.63) is 23.8 Å². The fraction of sp³-hybridized carbons (Fsp3) is 0.143. The number of carbonyl (C=O) groups excluding carboxylic acids is 2. The highest BCUT2D eigenvalue weighted by atomic mass is 16.5. The molecule has 0 amide bonds. The first-order valence-corrected chi connectivity index (χ1v) is 3.13. The zero-order chi connectivity index (χ0) is 8.97. The largest absolute Gasteiger partial charge is 0.464 e. The van der Waals surface area contributed by atoms with Gasteiger partial charge in [0.15, 0.2) is 12.0 Å². The molecular formula is C7H6N2O3. The summed E-state index contributed by atoms with van der Waals surface area (Å²) in [6, 6.07) is 1.26. The molecule has 62 valence electrons. The van der Waals surface area contributed by atoms with Gasteiger partial charge < -0.3 is 4.74 Å².